The minimum atomic E-state index is 0.107. The molecule has 1 saturated heterocycles. The lowest BCUT2D eigenvalue weighted by Crippen LogP contribution is -2.46. The molecule has 6 nitrogen and oxygen atoms in total. The summed E-state index contributed by atoms with van der Waals surface area (Å²) in [4.78, 5) is 20.7. The minimum absolute atomic E-state index is 0.107. The SMILES string of the molecule is CCCC[C@H](CC)C(=O)N(Cc1c(C)nn(-c2ccccc2)c1N1CCN(C)CC1)CC(C)C. The number of aromatic nitrogens is 2. The van der Waals surface area contributed by atoms with Crippen molar-refractivity contribution in [1.82, 2.24) is 19.6 Å². The highest BCUT2D eigenvalue weighted by atomic mass is 16.2. The molecule has 0 N–H and O–H groups in total. The molecule has 2 heterocycles. The predicted molar refractivity (Wildman–Crippen MR) is 142 cm³/mol. The topological polar surface area (TPSA) is 44.6 Å². The van der Waals surface area contributed by atoms with Crippen LogP contribution in [0.5, 0.6) is 0 Å². The number of unbranched alkanes of at least 4 members (excludes halogenated alkanes) is 1. The zero-order chi connectivity index (χ0) is 24.7. The summed E-state index contributed by atoms with van der Waals surface area (Å²) in [5, 5.41) is 5.00. The van der Waals surface area contributed by atoms with Crippen molar-refractivity contribution in [3.05, 3.63) is 41.6 Å². The molecular weight excluding hydrogens is 422 g/mol. The van der Waals surface area contributed by atoms with Crippen LogP contribution in [-0.4, -0.2) is 65.3 Å². The maximum Gasteiger partial charge on any atom is 0.225 e. The molecule has 1 fully saturated rings. The Morgan fingerprint density at radius 1 is 1.09 bits per heavy atom. The molecule has 1 aromatic carbocycles. The number of hydrogen-bond acceptors (Lipinski definition) is 4. The first-order valence-corrected chi connectivity index (χ1v) is 13.2. The standard InChI is InChI=1S/C28H45N5O/c1-7-9-13-24(8-2)28(34)32(20-22(3)4)21-26-23(5)29-33(25-14-11-10-12-15-25)27(26)31-18-16-30(6)17-19-31/h10-12,14-15,22,24H,7-9,13,16-21H2,1-6H3/t24-/m0/s1. The van der Waals surface area contributed by atoms with Gasteiger partial charge in [0.1, 0.15) is 5.82 Å². The Morgan fingerprint density at radius 2 is 1.76 bits per heavy atom. The second kappa shape index (κ2) is 12.4. The van der Waals surface area contributed by atoms with E-state index in [1.165, 1.54) is 5.56 Å². The van der Waals surface area contributed by atoms with Gasteiger partial charge in [0.25, 0.3) is 0 Å². The van der Waals surface area contributed by atoms with E-state index in [2.05, 4.69) is 85.3 Å². The number of rotatable bonds is 11. The summed E-state index contributed by atoms with van der Waals surface area (Å²) >= 11 is 0. The summed E-state index contributed by atoms with van der Waals surface area (Å²) in [6.07, 6.45) is 4.12. The zero-order valence-electron chi connectivity index (χ0n) is 22.3. The number of piperazine rings is 1. The van der Waals surface area contributed by atoms with Crippen molar-refractivity contribution in [3.8, 4) is 5.69 Å². The van der Waals surface area contributed by atoms with Gasteiger partial charge in [-0.15, -0.1) is 0 Å². The van der Waals surface area contributed by atoms with Crippen molar-refractivity contribution in [3.63, 3.8) is 0 Å². The number of carbonyl (C=O) groups excluding carboxylic acids is 1. The highest BCUT2D eigenvalue weighted by Gasteiger charge is 2.29. The second-order valence-electron chi connectivity index (χ2n) is 10.3. The summed E-state index contributed by atoms with van der Waals surface area (Å²) in [7, 11) is 2.18. The van der Waals surface area contributed by atoms with Gasteiger partial charge in [-0.2, -0.15) is 5.10 Å². The van der Waals surface area contributed by atoms with E-state index in [0.717, 1.165) is 75.6 Å². The van der Waals surface area contributed by atoms with Crippen molar-refractivity contribution >= 4 is 11.7 Å². The Bertz CT molecular complexity index is 899. The van der Waals surface area contributed by atoms with Crippen LogP contribution in [-0.2, 0) is 11.3 Å². The largest absolute Gasteiger partial charge is 0.354 e. The lowest BCUT2D eigenvalue weighted by Gasteiger charge is -2.35. The number of carbonyl (C=O) groups is 1. The number of aryl methyl sites for hydroxylation is 1. The molecule has 34 heavy (non-hydrogen) atoms. The van der Waals surface area contributed by atoms with Crippen LogP contribution in [0.15, 0.2) is 30.3 Å². The summed E-state index contributed by atoms with van der Waals surface area (Å²) < 4.78 is 2.10. The van der Waals surface area contributed by atoms with Gasteiger partial charge in [-0.3, -0.25) is 4.79 Å². The third-order valence-electron chi connectivity index (χ3n) is 6.96. The molecule has 1 aliphatic heterocycles. The Morgan fingerprint density at radius 3 is 2.35 bits per heavy atom. The van der Waals surface area contributed by atoms with Crippen molar-refractivity contribution in [1.29, 1.82) is 0 Å². The van der Waals surface area contributed by atoms with E-state index in [9.17, 15) is 4.79 Å². The lowest BCUT2D eigenvalue weighted by atomic mass is 9.97. The number of anilines is 1. The first-order chi connectivity index (χ1) is 16.3. The number of nitrogens with zero attached hydrogens (tertiary/aromatic N) is 5. The van der Waals surface area contributed by atoms with Crippen LogP contribution >= 0.6 is 0 Å². The number of benzene rings is 1. The molecule has 0 radical (unpaired) electrons. The van der Waals surface area contributed by atoms with Crippen LogP contribution < -0.4 is 4.90 Å². The van der Waals surface area contributed by atoms with Gasteiger partial charge in [-0.25, -0.2) is 4.68 Å². The Balaban J connectivity index is 2.00. The summed E-state index contributed by atoms with van der Waals surface area (Å²) in [6, 6.07) is 10.4. The number of likely N-dealkylation sites (N-methyl/N-ethyl adjacent to an activating group) is 1. The molecule has 0 saturated carbocycles. The molecular formula is C28H45N5O. The van der Waals surface area contributed by atoms with E-state index < -0.39 is 0 Å². The molecule has 0 spiro atoms. The molecule has 3 rings (SSSR count). The van der Waals surface area contributed by atoms with Crippen molar-refractivity contribution < 1.29 is 4.79 Å². The monoisotopic (exact) mass is 467 g/mol. The van der Waals surface area contributed by atoms with Crippen LogP contribution in [0, 0.1) is 18.8 Å². The predicted octanol–water partition coefficient (Wildman–Crippen LogP) is 5.13. The fourth-order valence-corrected chi connectivity index (χ4v) is 4.90. The smallest absolute Gasteiger partial charge is 0.225 e. The van der Waals surface area contributed by atoms with Gasteiger partial charge >= 0.3 is 0 Å². The van der Waals surface area contributed by atoms with E-state index in [0.29, 0.717) is 18.4 Å². The summed E-state index contributed by atoms with van der Waals surface area (Å²) in [5.74, 6) is 1.99. The highest BCUT2D eigenvalue weighted by Crippen LogP contribution is 2.30. The highest BCUT2D eigenvalue weighted by molar-refractivity contribution is 5.79. The average Bonchev–Trinajstić information content (AvgIpc) is 3.15. The van der Waals surface area contributed by atoms with Gasteiger partial charge < -0.3 is 14.7 Å². The molecule has 1 amide bonds. The normalized spacial score (nSPS) is 15.7. The van der Waals surface area contributed by atoms with E-state index in [4.69, 9.17) is 5.10 Å². The third-order valence-corrected chi connectivity index (χ3v) is 6.96. The van der Waals surface area contributed by atoms with Crippen LogP contribution in [0.4, 0.5) is 5.82 Å². The van der Waals surface area contributed by atoms with Crippen LogP contribution in [0.1, 0.15) is 64.6 Å². The van der Waals surface area contributed by atoms with Crippen LogP contribution in [0.3, 0.4) is 0 Å². The maximum absolute atomic E-state index is 13.7. The average molecular weight is 468 g/mol. The van der Waals surface area contributed by atoms with Crippen molar-refractivity contribution in [2.45, 2.75) is 66.8 Å². The molecule has 1 aliphatic rings. The number of amides is 1. The first-order valence-electron chi connectivity index (χ1n) is 13.2. The van der Waals surface area contributed by atoms with Crippen LogP contribution in [0.2, 0.25) is 0 Å². The van der Waals surface area contributed by atoms with Crippen molar-refractivity contribution in [2.24, 2.45) is 11.8 Å². The summed E-state index contributed by atoms with van der Waals surface area (Å²) in [5.41, 5.74) is 3.27. The van der Waals surface area contributed by atoms with Gasteiger partial charge in [0, 0.05) is 44.2 Å². The lowest BCUT2D eigenvalue weighted by molar-refractivity contribution is -0.137. The fourth-order valence-electron chi connectivity index (χ4n) is 4.90. The molecule has 0 unspecified atom stereocenters. The van der Waals surface area contributed by atoms with Gasteiger partial charge in [-0.05, 0) is 44.9 Å². The Labute approximate surface area is 206 Å². The van der Waals surface area contributed by atoms with Gasteiger partial charge in [-0.1, -0.05) is 58.7 Å². The number of hydrogen-bond donors (Lipinski definition) is 0. The Hall–Kier alpha value is -2.34. The molecule has 0 bridgehead atoms. The van der Waals surface area contributed by atoms with Crippen molar-refractivity contribution in [2.75, 3.05) is 44.7 Å². The quantitative estimate of drug-likeness (QED) is 0.459. The van der Waals surface area contributed by atoms with E-state index in [1.54, 1.807) is 0 Å². The Kier molecular flexibility index (Phi) is 9.57. The molecule has 0 aliphatic carbocycles. The molecule has 1 aromatic heterocycles. The molecule has 6 heteroatoms. The van der Waals surface area contributed by atoms with Gasteiger partial charge in [0.2, 0.25) is 5.91 Å². The maximum atomic E-state index is 13.7. The van der Waals surface area contributed by atoms with E-state index >= 15 is 0 Å². The van der Waals surface area contributed by atoms with E-state index in [1.807, 2.05) is 6.07 Å². The van der Waals surface area contributed by atoms with Crippen LogP contribution in [0.25, 0.3) is 5.69 Å². The molecule has 1 atom stereocenters. The summed E-state index contributed by atoms with van der Waals surface area (Å²) in [6.45, 7) is 16.3. The second-order valence-corrected chi connectivity index (χ2v) is 10.3. The van der Waals surface area contributed by atoms with Gasteiger partial charge in [0.15, 0.2) is 0 Å². The molecule has 2 aromatic rings. The third kappa shape index (κ3) is 6.41. The minimum Gasteiger partial charge on any atom is -0.354 e. The first kappa shape index (κ1) is 26.3. The zero-order valence-corrected chi connectivity index (χ0v) is 22.3. The number of para-hydroxylation sites is 1. The fraction of sp³-hybridized carbons (Fsp3) is 0.643. The molecule has 188 valence electrons. The van der Waals surface area contributed by atoms with Gasteiger partial charge in [0.05, 0.1) is 17.9 Å². The van der Waals surface area contributed by atoms with E-state index in [-0.39, 0.29) is 5.92 Å².